The highest BCUT2D eigenvalue weighted by atomic mass is 35.5. The Morgan fingerprint density at radius 3 is 2.61 bits per heavy atom. The Balaban J connectivity index is 0.00000294. The van der Waals surface area contributed by atoms with Crippen LogP contribution < -0.4 is 10.2 Å². The topological polar surface area (TPSA) is 114 Å². The second-order valence-electron chi connectivity index (χ2n) is 9.63. The molecular formula is C25H25Cl3N8O2. The van der Waals surface area contributed by atoms with Gasteiger partial charge in [0.1, 0.15) is 11.4 Å². The SMILES string of the molecule is CC1(C)Oc2cc(-c3nn[nH]n3)ccc2-c2c1c(C(=O)NN1CCCCC1)nn2-c1ccc(Cl)cc1Cl.Cl. The Kier molecular flexibility index (Phi) is 7.08. The van der Waals surface area contributed by atoms with Gasteiger partial charge in [-0.1, -0.05) is 35.7 Å². The number of halogens is 3. The fourth-order valence-corrected chi connectivity index (χ4v) is 5.47. The number of hydrogen-bond donors (Lipinski definition) is 2. The van der Waals surface area contributed by atoms with Crippen LogP contribution in [0.1, 0.15) is 49.2 Å². The van der Waals surface area contributed by atoms with E-state index in [1.54, 1.807) is 22.9 Å². The average Bonchev–Trinajstić information content (AvgIpc) is 3.54. The van der Waals surface area contributed by atoms with Crippen LogP contribution in [-0.4, -0.2) is 54.4 Å². The first-order valence-electron chi connectivity index (χ1n) is 12.0. The van der Waals surface area contributed by atoms with E-state index in [1.165, 1.54) is 0 Å². The molecule has 38 heavy (non-hydrogen) atoms. The summed E-state index contributed by atoms with van der Waals surface area (Å²) >= 11 is 12.8. The van der Waals surface area contributed by atoms with Gasteiger partial charge in [0.2, 0.25) is 5.82 Å². The molecule has 6 rings (SSSR count). The second-order valence-corrected chi connectivity index (χ2v) is 10.5. The van der Waals surface area contributed by atoms with Crippen LogP contribution in [0.2, 0.25) is 10.0 Å². The molecule has 1 saturated heterocycles. The third-order valence-corrected chi connectivity index (χ3v) is 7.20. The number of nitrogens with zero attached hydrogens (tertiary/aromatic N) is 6. The summed E-state index contributed by atoms with van der Waals surface area (Å²) in [5, 5.41) is 22.0. The largest absolute Gasteiger partial charge is 0.482 e. The smallest absolute Gasteiger partial charge is 0.286 e. The van der Waals surface area contributed by atoms with Crippen molar-refractivity contribution >= 4 is 41.5 Å². The van der Waals surface area contributed by atoms with Crippen LogP contribution in [0.15, 0.2) is 36.4 Å². The van der Waals surface area contributed by atoms with Gasteiger partial charge in [0, 0.05) is 29.2 Å². The van der Waals surface area contributed by atoms with Crippen LogP contribution in [0.5, 0.6) is 5.75 Å². The van der Waals surface area contributed by atoms with Gasteiger partial charge in [-0.3, -0.25) is 10.2 Å². The predicted octanol–water partition coefficient (Wildman–Crippen LogP) is 5.21. The third kappa shape index (κ3) is 4.62. The van der Waals surface area contributed by atoms with E-state index in [1.807, 2.05) is 37.1 Å². The zero-order chi connectivity index (χ0) is 25.7. The normalized spacial score (nSPS) is 16.1. The standard InChI is InChI=1S/C25H24Cl2N8O2.ClH/c1-25(2)20-21(24(36)31-34-10-4-3-5-11-34)30-35(18-9-7-15(26)13-17(18)27)22(20)16-8-6-14(12-19(16)37-25)23-28-32-33-29-23;/h6-9,12-13H,3-5,10-11H2,1-2H3,(H,31,36)(H,28,29,32,33);1H. The number of amides is 1. The van der Waals surface area contributed by atoms with Crippen molar-refractivity contribution in [3.63, 3.8) is 0 Å². The first kappa shape index (κ1) is 26.4. The van der Waals surface area contributed by atoms with Gasteiger partial charge in [0.15, 0.2) is 5.69 Å². The Morgan fingerprint density at radius 1 is 1.11 bits per heavy atom. The van der Waals surface area contributed by atoms with E-state index in [-0.39, 0.29) is 24.0 Å². The molecular weight excluding hydrogens is 551 g/mol. The van der Waals surface area contributed by atoms with Crippen molar-refractivity contribution in [2.45, 2.75) is 38.7 Å². The predicted molar refractivity (Wildman–Crippen MR) is 146 cm³/mol. The summed E-state index contributed by atoms with van der Waals surface area (Å²) < 4.78 is 8.18. The fraction of sp³-hybridized carbons (Fsp3) is 0.320. The molecule has 1 fully saturated rings. The van der Waals surface area contributed by atoms with Crippen LogP contribution >= 0.6 is 35.6 Å². The van der Waals surface area contributed by atoms with E-state index in [0.717, 1.165) is 49.2 Å². The molecule has 4 heterocycles. The minimum atomic E-state index is -0.885. The Hall–Kier alpha value is -3.18. The summed E-state index contributed by atoms with van der Waals surface area (Å²) in [7, 11) is 0. The highest BCUT2D eigenvalue weighted by Crippen LogP contribution is 2.48. The zero-order valence-electron chi connectivity index (χ0n) is 20.7. The molecule has 198 valence electrons. The average molecular weight is 576 g/mol. The zero-order valence-corrected chi connectivity index (χ0v) is 23.0. The van der Waals surface area contributed by atoms with E-state index in [4.69, 9.17) is 33.0 Å². The first-order chi connectivity index (χ1) is 17.8. The van der Waals surface area contributed by atoms with E-state index < -0.39 is 5.60 Å². The highest BCUT2D eigenvalue weighted by Gasteiger charge is 2.42. The molecule has 0 radical (unpaired) electrons. The lowest BCUT2D eigenvalue weighted by Gasteiger charge is -2.34. The third-order valence-electron chi connectivity index (χ3n) is 6.66. The summed E-state index contributed by atoms with van der Waals surface area (Å²) in [6.45, 7) is 5.45. The summed E-state index contributed by atoms with van der Waals surface area (Å²) in [5.41, 5.74) is 5.94. The van der Waals surface area contributed by atoms with Gasteiger partial charge in [0.05, 0.1) is 22.0 Å². The quantitative estimate of drug-likeness (QED) is 0.343. The number of benzene rings is 2. The number of piperidine rings is 1. The minimum Gasteiger partial charge on any atom is -0.482 e. The molecule has 0 atom stereocenters. The molecule has 0 saturated carbocycles. The molecule has 2 aliphatic heterocycles. The van der Waals surface area contributed by atoms with Gasteiger partial charge in [-0.05, 0) is 62.2 Å². The lowest BCUT2D eigenvalue weighted by molar-refractivity contribution is 0.0720. The molecule has 2 aliphatic rings. The summed E-state index contributed by atoms with van der Waals surface area (Å²) in [5.74, 6) is 0.769. The molecule has 13 heteroatoms. The van der Waals surface area contributed by atoms with E-state index in [0.29, 0.717) is 32.9 Å². The number of nitrogens with one attached hydrogen (secondary N) is 2. The molecule has 1 amide bonds. The summed E-state index contributed by atoms with van der Waals surface area (Å²) in [6, 6.07) is 10.8. The van der Waals surface area contributed by atoms with Crippen LogP contribution in [0, 0.1) is 0 Å². The maximum atomic E-state index is 13.6. The number of rotatable bonds is 4. The minimum absolute atomic E-state index is 0. The monoisotopic (exact) mass is 574 g/mol. The maximum absolute atomic E-state index is 13.6. The molecule has 10 nitrogen and oxygen atoms in total. The fourth-order valence-electron chi connectivity index (χ4n) is 4.98. The number of ether oxygens (including phenoxy) is 1. The molecule has 0 bridgehead atoms. The second kappa shape index (κ2) is 10.2. The molecule has 0 aliphatic carbocycles. The van der Waals surface area contributed by atoms with Gasteiger partial charge in [-0.15, -0.1) is 22.6 Å². The number of hydrogen-bond acceptors (Lipinski definition) is 7. The van der Waals surface area contributed by atoms with Crippen molar-refractivity contribution in [3.8, 4) is 34.1 Å². The number of aromatic nitrogens is 6. The van der Waals surface area contributed by atoms with Gasteiger partial charge in [0.25, 0.3) is 5.91 Å². The number of fused-ring (bicyclic) bond motifs is 3. The molecule has 0 spiro atoms. The van der Waals surface area contributed by atoms with Crippen molar-refractivity contribution in [3.05, 3.63) is 57.7 Å². The Morgan fingerprint density at radius 2 is 1.89 bits per heavy atom. The van der Waals surface area contributed by atoms with Crippen molar-refractivity contribution in [1.82, 2.24) is 40.8 Å². The van der Waals surface area contributed by atoms with E-state index in [2.05, 4.69) is 26.0 Å². The lowest BCUT2D eigenvalue weighted by atomic mass is 9.88. The highest BCUT2D eigenvalue weighted by molar-refractivity contribution is 6.35. The van der Waals surface area contributed by atoms with Crippen molar-refractivity contribution in [1.29, 1.82) is 0 Å². The number of H-pyrrole nitrogens is 1. The number of carbonyl (C=O) groups is 1. The van der Waals surface area contributed by atoms with Crippen molar-refractivity contribution in [2.75, 3.05) is 13.1 Å². The first-order valence-corrected chi connectivity index (χ1v) is 12.8. The van der Waals surface area contributed by atoms with Crippen LogP contribution in [0.3, 0.4) is 0 Å². The Labute approximate surface area is 235 Å². The molecule has 2 aromatic heterocycles. The van der Waals surface area contributed by atoms with Gasteiger partial charge < -0.3 is 4.74 Å². The van der Waals surface area contributed by atoms with Crippen molar-refractivity contribution < 1.29 is 9.53 Å². The van der Waals surface area contributed by atoms with Gasteiger partial charge in [-0.25, -0.2) is 9.69 Å². The van der Waals surface area contributed by atoms with Crippen LogP contribution in [0.25, 0.3) is 28.3 Å². The number of aromatic amines is 1. The molecule has 2 aromatic carbocycles. The van der Waals surface area contributed by atoms with E-state index >= 15 is 0 Å². The molecule has 0 unspecified atom stereocenters. The van der Waals surface area contributed by atoms with Gasteiger partial charge >= 0.3 is 0 Å². The van der Waals surface area contributed by atoms with Crippen molar-refractivity contribution in [2.24, 2.45) is 0 Å². The number of tetrazole rings is 1. The number of hydrazine groups is 1. The molecule has 4 aromatic rings. The van der Waals surface area contributed by atoms with Crippen LogP contribution in [0.4, 0.5) is 0 Å². The summed E-state index contributed by atoms with van der Waals surface area (Å²) in [4.78, 5) is 13.6. The molecule has 2 N–H and O–H groups in total. The Bertz CT molecular complexity index is 1500. The van der Waals surface area contributed by atoms with Gasteiger partial charge in [-0.2, -0.15) is 10.3 Å². The lowest BCUT2D eigenvalue weighted by Crippen LogP contribution is -2.46. The number of carbonyl (C=O) groups excluding carboxylic acids is 1. The maximum Gasteiger partial charge on any atom is 0.286 e. The van der Waals surface area contributed by atoms with Crippen LogP contribution in [-0.2, 0) is 5.60 Å². The van der Waals surface area contributed by atoms with E-state index in [9.17, 15) is 4.79 Å². The summed E-state index contributed by atoms with van der Waals surface area (Å²) in [6.07, 6.45) is 3.24.